The van der Waals surface area contributed by atoms with E-state index in [0.717, 1.165) is 30.8 Å². The molecule has 0 radical (unpaired) electrons. The number of hydrogen-bond acceptors (Lipinski definition) is 0. The van der Waals surface area contributed by atoms with Crippen LogP contribution in [0.2, 0.25) is 10.0 Å². The predicted molar refractivity (Wildman–Crippen MR) is 41.9 cm³/mol. The molecule has 0 saturated heterocycles. The first-order valence-electron chi connectivity index (χ1n) is 2.41. The average molecular weight is 350 g/mol. The van der Waals surface area contributed by atoms with E-state index >= 15 is 0 Å². The Hall–Kier alpha value is 0.722. The molecule has 0 unspecified atom stereocenters. The third kappa shape index (κ3) is 1.82. The first-order valence-corrected chi connectivity index (χ1v) is 5.41. The molecule has 1 aromatic carbocycles. The average Bonchev–Trinajstić information content (AvgIpc) is 1.83. The number of benzene rings is 1. The Kier molecular flexibility index (Phi) is 2.79. The minimum absolute atomic E-state index is 0.664. The summed E-state index contributed by atoms with van der Waals surface area (Å²) >= 11 is 12.3. The van der Waals surface area contributed by atoms with Gasteiger partial charge in [-0.2, -0.15) is 0 Å². The molecular weight excluding hydrogens is 347 g/mol. The van der Waals surface area contributed by atoms with Gasteiger partial charge in [-0.05, 0) is 0 Å². The first kappa shape index (κ1) is 7.82. The number of hydrogen-bond donors (Lipinski definition) is 0. The van der Waals surface area contributed by atoms with E-state index in [1.54, 1.807) is 6.07 Å². The third-order valence-electron chi connectivity index (χ3n) is 0.981. The van der Waals surface area contributed by atoms with Gasteiger partial charge in [0.25, 0.3) is 0 Å². The second-order valence-electron chi connectivity index (χ2n) is 1.64. The molecule has 3 heteroatoms. The van der Waals surface area contributed by atoms with Crippen molar-refractivity contribution in [3.8, 4) is 0 Å². The summed E-state index contributed by atoms with van der Waals surface area (Å²) in [5.41, 5.74) is 0. The second-order valence-corrected chi connectivity index (χ2v) is 4.85. The van der Waals surface area contributed by atoms with Crippen LogP contribution in [-0.4, -0.2) is 25.8 Å². The van der Waals surface area contributed by atoms with Gasteiger partial charge in [0.05, 0.1) is 0 Å². The molecule has 0 fully saturated rings. The van der Waals surface area contributed by atoms with Crippen molar-refractivity contribution < 1.29 is 0 Å². The second kappa shape index (κ2) is 3.21. The van der Waals surface area contributed by atoms with Gasteiger partial charge in [-0.15, -0.1) is 0 Å². The summed E-state index contributed by atoms with van der Waals surface area (Å²) in [6.45, 7) is 0. The Bertz CT molecular complexity index is 202. The van der Waals surface area contributed by atoms with E-state index in [1.807, 2.05) is 12.1 Å². The van der Waals surface area contributed by atoms with Crippen molar-refractivity contribution in [2.45, 2.75) is 0 Å². The normalized spacial score (nSPS) is 9.44. The van der Waals surface area contributed by atoms with E-state index in [0.29, 0.717) is 5.02 Å². The fourth-order valence-electron chi connectivity index (χ4n) is 0.520. The standard InChI is InChI=1S/C6H3Cl2.Tl/c7-5-3-1-2-4-6(5)8;/h1-3H;. The van der Waals surface area contributed by atoms with Crippen molar-refractivity contribution in [2.24, 2.45) is 0 Å². The monoisotopic (exact) mass is 350 g/mol. The number of rotatable bonds is 0. The molecule has 0 aliphatic rings. The molecule has 44 valence electrons. The fourth-order valence-corrected chi connectivity index (χ4v) is 2.22. The molecule has 0 bridgehead atoms. The predicted octanol–water partition coefficient (Wildman–Crippen LogP) is 1.79. The Morgan fingerprint density at radius 1 is 1.22 bits per heavy atom. The van der Waals surface area contributed by atoms with Crippen molar-refractivity contribution in [3.05, 3.63) is 28.2 Å². The van der Waals surface area contributed by atoms with Crippen LogP contribution < -0.4 is 3.12 Å². The summed E-state index contributed by atoms with van der Waals surface area (Å²) in [4.78, 5) is 0. The van der Waals surface area contributed by atoms with Gasteiger partial charge in [-0.1, -0.05) is 0 Å². The quantitative estimate of drug-likeness (QED) is 0.626. The van der Waals surface area contributed by atoms with Crippen LogP contribution >= 0.6 is 23.2 Å². The van der Waals surface area contributed by atoms with Gasteiger partial charge in [0.2, 0.25) is 0 Å². The van der Waals surface area contributed by atoms with Crippen LogP contribution in [0.1, 0.15) is 0 Å². The van der Waals surface area contributed by atoms with E-state index in [2.05, 4.69) is 0 Å². The summed E-state index contributed by atoms with van der Waals surface area (Å²) < 4.78 is 1.18. The van der Waals surface area contributed by atoms with Crippen LogP contribution in [0, 0.1) is 0 Å². The molecule has 0 nitrogen and oxygen atoms in total. The van der Waals surface area contributed by atoms with Crippen LogP contribution in [0.15, 0.2) is 18.2 Å². The summed E-state index contributed by atoms with van der Waals surface area (Å²) in [5.74, 6) is 0. The maximum absolute atomic E-state index is 5.79. The molecule has 0 atom stereocenters. The molecule has 0 spiro atoms. The SMILES string of the molecule is Clc1ccc[c]([Tl])c1Cl. The molecule has 0 N–H and O–H groups in total. The van der Waals surface area contributed by atoms with E-state index in [9.17, 15) is 0 Å². The summed E-state index contributed by atoms with van der Waals surface area (Å²) in [7, 11) is 0. The van der Waals surface area contributed by atoms with Crippen LogP contribution in [-0.2, 0) is 0 Å². The van der Waals surface area contributed by atoms with Crippen molar-refractivity contribution in [2.75, 3.05) is 0 Å². The van der Waals surface area contributed by atoms with Crippen molar-refractivity contribution in [1.29, 1.82) is 0 Å². The molecule has 0 aromatic heterocycles. The maximum atomic E-state index is 5.79. The molecule has 0 aliphatic carbocycles. The van der Waals surface area contributed by atoms with Crippen LogP contribution in [0.5, 0.6) is 0 Å². The first-order chi connectivity index (χ1) is 4.22. The summed E-state index contributed by atoms with van der Waals surface area (Å²) in [6, 6.07) is 5.72. The number of halogens is 2. The Morgan fingerprint density at radius 2 is 1.89 bits per heavy atom. The molecule has 0 amide bonds. The van der Waals surface area contributed by atoms with Gasteiger partial charge < -0.3 is 0 Å². The topological polar surface area (TPSA) is 0 Å². The molecule has 0 saturated carbocycles. The zero-order valence-electron chi connectivity index (χ0n) is 4.57. The molecular formula is C6H3Cl2Tl. The molecule has 1 rings (SSSR count). The van der Waals surface area contributed by atoms with Crippen LogP contribution in [0.3, 0.4) is 0 Å². The molecule has 0 aliphatic heterocycles. The Balaban J connectivity index is 3.25. The molecule has 1 aromatic rings. The zero-order chi connectivity index (χ0) is 6.85. The fraction of sp³-hybridized carbons (Fsp3) is 0. The van der Waals surface area contributed by atoms with Gasteiger partial charge >= 0.3 is 80.3 Å². The summed E-state index contributed by atoms with van der Waals surface area (Å²) in [5, 5.41) is 1.39. The zero-order valence-corrected chi connectivity index (χ0v) is 10.6. The Morgan fingerprint density at radius 3 is 2.33 bits per heavy atom. The van der Waals surface area contributed by atoms with Gasteiger partial charge in [-0.3, -0.25) is 0 Å². The van der Waals surface area contributed by atoms with Gasteiger partial charge in [0.15, 0.2) is 0 Å². The van der Waals surface area contributed by atoms with Gasteiger partial charge in [0.1, 0.15) is 0 Å². The van der Waals surface area contributed by atoms with Crippen LogP contribution in [0.4, 0.5) is 0 Å². The van der Waals surface area contributed by atoms with E-state index in [4.69, 9.17) is 23.2 Å². The third-order valence-corrected chi connectivity index (χ3v) is 4.40. The summed E-state index contributed by atoms with van der Waals surface area (Å²) in [6.07, 6.45) is 0. The van der Waals surface area contributed by atoms with Crippen LogP contribution in [0.25, 0.3) is 0 Å². The van der Waals surface area contributed by atoms with E-state index < -0.39 is 0 Å². The Labute approximate surface area is 79.8 Å². The van der Waals surface area contributed by atoms with E-state index in [-0.39, 0.29) is 0 Å². The van der Waals surface area contributed by atoms with Crippen molar-refractivity contribution in [3.63, 3.8) is 0 Å². The van der Waals surface area contributed by atoms with Crippen molar-refractivity contribution >= 4 is 52.1 Å². The minimum atomic E-state index is 0.664. The molecule has 9 heavy (non-hydrogen) atoms. The van der Waals surface area contributed by atoms with Crippen molar-refractivity contribution in [1.82, 2.24) is 0 Å². The van der Waals surface area contributed by atoms with Gasteiger partial charge in [-0.25, -0.2) is 0 Å². The molecule has 0 heterocycles. The van der Waals surface area contributed by atoms with E-state index in [1.165, 1.54) is 3.12 Å². The van der Waals surface area contributed by atoms with Gasteiger partial charge in [0, 0.05) is 0 Å².